The Morgan fingerprint density at radius 1 is 1.33 bits per heavy atom. The Bertz CT molecular complexity index is 366. The number of pyridine rings is 1. The fourth-order valence-corrected chi connectivity index (χ4v) is 2.46. The highest BCUT2D eigenvalue weighted by molar-refractivity contribution is 5.33. The first-order valence-electron chi connectivity index (χ1n) is 6.72. The molecule has 1 saturated carbocycles. The van der Waals surface area contributed by atoms with Crippen molar-refractivity contribution >= 4 is 5.82 Å². The van der Waals surface area contributed by atoms with E-state index in [1.54, 1.807) is 0 Å². The maximum absolute atomic E-state index is 5.97. The van der Waals surface area contributed by atoms with Crippen molar-refractivity contribution in [1.29, 1.82) is 0 Å². The number of nitrogens with one attached hydrogen (secondary N) is 1. The number of ether oxygens (including phenoxy) is 1. The quantitative estimate of drug-likeness (QED) is 0.636. The van der Waals surface area contributed by atoms with Crippen LogP contribution in [0.2, 0.25) is 0 Å². The molecule has 0 saturated heterocycles. The summed E-state index contributed by atoms with van der Waals surface area (Å²) >= 11 is 0. The van der Waals surface area contributed by atoms with Gasteiger partial charge in [-0.2, -0.15) is 0 Å². The third-order valence-electron chi connectivity index (χ3n) is 4.01. The molecule has 3 N–H and O–H groups in total. The SMILES string of the molecule is CC1CCC(OCc2ccc(NN)nc2)CC1C. The molecule has 0 amide bonds. The van der Waals surface area contributed by atoms with Gasteiger partial charge in [-0.3, -0.25) is 0 Å². The molecule has 2 rings (SSSR count). The summed E-state index contributed by atoms with van der Waals surface area (Å²) in [7, 11) is 0. The van der Waals surface area contributed by atoms with E-state index in [0.717, 1.165) is 17.4 Å². The van der Waals surface area contributed by atoms with Gasteiger partial charge >= 0.3 is 0 Å². The van der Waals surface area contributed by atoms with Crippen LogP contribution < -0.4 is 11.3 Å². The Balaban J connectivity index is 1.80. The smallest absolute Gasteiger partial charge is 0.139 e. The molecule has 100 valence electrons. The molecule has 0 spiro atoms. The Labute approximate surface area is 109 Å². The third kappa shape index (κ3) is 3.43. The fourth-order valence-electron chi connectivity index (χ4n) is 2.46. The molecule has 1 aliphatic rings. The lowest BCUT2D eigenvalue weighted by Gasteiger charge is -2.31. The van der Waals surface area contributed by atoms with Crippen LogP contribution in [0, 0.1) is 11.8 Å². The van der Waals surface area contributed by atoms with Crippen LogP contribution in [-0.4, -0.2) is 11.1 Å². The Morgan fingerprint density at radius 2 is 2.17 bits per heavy atom. The number of nitrogen functional groups attached to an aromatic ring is 1. The lowest BCUT2D eigenvalue weighted by atomic mass is 9.80. The molecule has 0 bridgehead atoms. The number of hydrogen-bond acceptors (Lipinski definition) is 4. The summed E-state index contributed by atoms with van der Waals surface area (Å²) in [6, 6.07) is 3.86. The Hall–Kier alpha value is -1.13. The van der Waals surface area contributed by atoms with Crippen molar-refractivity contribution in [2.75, 3.05) is 5.43 Å². The topological polar surface area (TPSA) is 60.2 Å². The summed E-state index contributed by atoms with van der Waals surface area (Å²) in [6.07, 6.45) is 5.85. The van der Waals surface area contributed by atoms with E-state index >= 15 is 0 Å². The molecule has 1 heterocycles. The summed E-state index contributed by atoms with van der Waals surface area (Å²) in [5.41, 5.74) is 3.62. The first-order chi connectivity index (χ1) is 8.69. The van der Waals surface area contributed by atoms with E-state index in [-0.39, 0.29) is 0 Å². The van der Waals surface area contributed by atoms with Gasteiger partial charge in [0, 0.05) is 6.20 Å². The normalized spacial score (nSPS) is 28.1. The fraction of sp³-hybridized carbons (Fsp3) is 0.643. The highest BCUT2D eigenvalue weighted by atomic mass is 16.5. The van der Waals surface area contributed by atoms with Crippen molar-refractivity contribution in [3.63, 3.8) is 0 Å². The molecule has 0 aromatic carbocycles. The highest BCUT2D eigenvalue weighted by Gasteiger charge is 2.24. The standard InChI is InChI=1S/C14H23N3O/c1-10-3-5-13(7-11(10)2)18-9-12-4-6-14(17-15)16-8-12/h4,6,8,10-11,13H,3,5,7,9,15H2,1-2H3,(H,16,17). The van der Waals surface area contributed by atoms with Crippen LogP contribution in [-0.2, 0) is 11.3 Å². The number of aromatic nitrogens is 1. The molecule has 4 heteroatoms. The summed E-state index contributed by atoms with van der Waals surface area (Å²) < 4.78 is 5.97. The number of nitrogens with two attached hydrogens (primary N) is 1. The molecule has 1 fully saturated rings. The number of hydrogen-bond donors (Lipinski definition) is 2. The first-order valence-corrected chi connectivity index (χ1v) is 6.72. The minimum atomic E-state index is 0.406. The van der Waals surface area contributed by atoms with Gasteiger partial charge in [0.25, 0.3) is 0 Å². The van der Waals surface area contributed by atoms with E-state index in [4.69, 9.17) is 10.6 Å². The molecule has 3 unspecified atom stereocenters. The van der Waals surface area contributed by atoms with Gasteiger partial charge in [0.05, 0.1) is 12.7 Å². The first kappa shape index (κ1) is 13.3. The van der Waals surface area contributed by atoms with Crippen LogP contribution in [0.1, 0.15) is 38.7 Å². The highest BCUT2D eigenvalue weighted by Crippen LogP contribution is 2.31. The van der Waals surface area contributed by atoms with E-state index in [0.29, 0.717) is 18.5 Å². The van der Waals surface area contributed by atoms with Gasteiger partial charge in [0.2, 0.25) is 0 Å². The average molecular weight is 249 g/mol. The van der Waals surface area contributed by atoms with Crippen molar-refractivity contribution in [3.8, 4) is 0 Å². The second kappa shape index (κ2) is 6.16. The minimum Gasteiger partial charge on any atom is -0.373 e. The zero-order valence-electron chi connectivity index (χ0n) is 11.2. The van der Waals surface area contributed by atoms with Crippen LogP contribution in [0.25, 0.3) is 0 Å². The van der Waals surface area contributed by atoms with Crippen LogP contribution >= 0.6 is 0 Å². The monoisotopic (exact) mass is 249 g/mol. The molecule has 1 aromatic rings. The molecule has 1 aliphatic carbocycles. The molecule has 3 atom stereocenters. The lowest BCUT2D eigenvalue weighted by molar-refractivity contribution is -0.00753. The Morgan fingerprint density at radius 3 is 2.78 bits per heavy atom. The molecule has 4 nitrogen and oxygen atoms in total. The number of hydrazine groups is 1. The van der Waals surface area contributed by atoms with Crippen LogP contribution in [0.5, 0.6) is 0 Å². The van der Waals surface area contributed by atoms with Crippen LogP contribution in [0.3, 0.4) is 0 Å². The van der Waals surface area contributed by atoms with Gasteiger partial charge in [-0.05, 0) is 42.7 Å². The lowest BCUT2D eigenvalue weighted by Crippen LogP contribution is -2.26. The van der Waals surface area contributed by atoms with Gasteiger partial charge in [0.1, 0.15) is 5.82 Å². The second-order valence-electron chi connectivity index (χ2n) is 5.40. The van der Waals surface area contributed by atoms with Crippen LogP contribution in [0.15, 0.2) is 18.3 Å². The summed E-state index contributed by atoms with van der Waals surface area (Å²) in [5.74, 6) is 7.56. The van der Waals surface area contributed by atoms with E-state index in [9.17, 15) is 0 Å². The van der Waals surface area contributed by atoms with E-state index < -0.39 is 0 Å². The van der Waals surface area contributed by atoms with E-state index in [2.05, 4.69) is 24.3 Å². The van der Waals surface area contributed by atoms with Crippen molar-refractivity contribution < 1.29 is 4.74 Å². The average Bonchev–Trinajstić information content (AvgIpc) is 2.41. The van der Waals surface area contributed by atoms with Gasteiger partial charge in [0.15, 0.2) is 0 Å². The molecule has 0 radical (unpaired) electrons. The zero-order valence-corrected chi connectivity index (χ0v) is 11.2. The van der Waals surface area contributed by atoms with Crippen LogP contribution in [0.4, 0.5) is 5.82 Å². The van der Waals surface area contributed by atoms with Gasteiger partial charge < -0.3 is 10.2 Å². The summed E-state index contributed by atoms with van der Waals surface area (Å²) in [4.78, 5) is 4.17. The van der Waals surface area contributed by atoms with Gasteiger partial charge in [-0.1, -0.05) is 19.9 Å². The Kier molecular flexibility index (Phi) is 4.55. The maximum atomic E-state index is 5.97. The predicted octanol–water partition coefficient (Wildman–Crippen LogP) is 2.71. The molecular weight excluding hydrogens is 226 g/mol. The van der Waals surface area contributed by atoms with Gasteiger partial charge in [-0.15, -0.1) is 0 Å². The zero-order chi connectivity index (χ0) is 13.0. The number of rotatable bonds is 4. The predicted molar refractivity (Wildman–Crippen MR) is 72.8 cm³/mol. The van der Waals surface area contributed by atoms with Crippen molar-refractivity contribution in [1.82, 2.24) is 4.98 Å². The van der Waals surface area contributed by atoms with E-state index in [1.165, 1.54) is 19.3 Å². The van der Waals surface area contributed by atoms with Crippen molar-refractivity contribution in [2.45, 2.75) is 45.8 Å². The summed E-state index contributed by atoms with van der Waals surface area (Å²) in [5, 5.41) is 0. The molecule has 18 heavy (non-hydrogen) atoms. The minimum absolute atomic E-state index is 0.406. The van der Waals surface area contributed by atoms with E-state index in [1.807, 2.05) is 18.3 Å². The van der Waals surface area contributed by atoms with Crippen molar-refractivity contribution in [2.24, 2.45) is 17.7 Å². The second-order valence-corrected chi connectivity index (χ2v) is 5.40. The summed E-state index contributed by atoms with van der Waals surface area (Å²) in [6.45, 7) is 5.30. The molecule has 0 aliphatic heterocycles. The molecular formula is C14H23N3O. The number of nitrogens with zero attached hydrogens (tertiary/aromatic N) is 1. The number of anilines is 1. The third-order valence-corrected chi connectivity index (χ3v) is 4.01. The largest absolute Gasteiger partial charge is 0.373 e. The van der Waals surface area contributed by atoms with Crippen molar-refractivity contribution in [3.05, 3.63) is 23.9 Å². The maximum Gasteiger partial charge on any atom is 0.139 e. The van der Waals surface area contributed by atoms with Gasteiger partial charge in [-0.25, -0.2) is 10.8 Å². The molecule has 1 aromatic heterocycles.